The van der Waals surface area contributed by atoms with Gasteiger partial charge in [0.05, 0.1) is 16.1 Å². The Morgan fingerprint density at radius 2 is 1.84 bits per heavy atom. The molecular weight excluding hydrogens is 462 g/mol. The molecule has 2 aromatic carbocycles. The number of hydrogen-bond acceptors (Lipinski definition) is 1. The minimum Gasteiger partial charge on any atom is -0.388 e. The largest absolute Gasteiger partial charge is 0.388 e. The van der Waals surface area contributed by atoms with Crippen LogP contribution in [-0.2, 0) is 6.42 Å². The predicted molar refractivity (Wildman–Crippen MR) is 92.0 cm³/mol. The highest BCUT2D eigenvalue weighted by molar-refractivity contribution is 14.1. The number of rotatable bonds is 3. The van der Waals surface area contributed by atoms with Crippen molar-refractivity contribution >= 4 is 61.7 Å². The molecule has 0 aliphatic carbocycles. The molecule has 100 valence electrons. The molecule has 19 heavy (non-hydrogen) atoms. The maximum absolute atomic E-state index is 10.3. The van der Waals surface area contributed by atoms with Gasteiger partial charge in [-0.05, 0) is 64.0 Å². The molecule has 0 heterocycles. The SMILES string of the molecule is OC(Cc1ccc(Cl)c(Cl)c1)c1cc(Br)ccc1I. The summed E-state index contributed by atoms with van der Waals surface area (Å²) in [7, 11) is 0. The van der Waals surface area contributed by atoms with E-state index in [0.717, 1.165) is 19.2 Å². The van der Waals surface area contributed by atoms with Crippen LogP contribution in [0.15, 0.2) is 40.9 Å². The van der Waals surface area contributed by atoms with Crippen LogP contribution in [-0.4, -0.2) is 5.11 Å². The summed E-state index contributed by atoms with van der Waals surface area (Å²) in [6.45, 7) is 0. The Kier molecular flexibility index (Phi) is 5.55. The summed E-state index contributed by atoms with van der Waals surface area (Å²) in [6, 6.07) is 11.3. The summed E-state index contributed by atoms with van der Waals surface area (Å²) in [4.78, 5) is 0. The van der Waals surface area contributed by atoms with Crippen LogP contribution in [0.3, 0.4) is 0 Å². The fourth-order valence-corrected chi connectivity index (χ4v) is 3.16. The second kappa shape index (κ2) is 6.76. The summed E-state index contributed by atoms with van der Waals surface area (Å²) in [6.07, 6.45) is -0.0646. The number of benzene rings is 2. The van der Waals surface area contributed by atoms with Gasteiger partial charge in [-0.15, -0.1) is 0 Å². The normalized spacial score (nSPS) is 12.5. The Hall–Kier alpha value is 0.190. The van der Waals surface area contributed by atoms with Gasteiger partial charge in [0.25, 0.3) is 0 Å². The Bertz CT molecular complexity index is 604. The molecule has 0 fully saturated rings. The van der Waals surface area contributed by atoms with E-state index in [-0.39, 0.29) is 0 Å². The molecule has 1 atom stereocenters. The molecule has 0 aromatic heterocycles. The Morgan fingerprint density at radius 3 is 2.53 bits per heavy atom. The maximum atomic E-state index is 10.3. The second-order valence-corrected chi connectivity index (χ2v) is 7.03. The van der Waals surface area contributed by atoms with E-state index in [9.17, 15) is 5.11 Å². The highest BCUT2D eigenvalue weighted by Crippen LogP contribution is 2.29. The fourth-order valence-electron chi connectivity index (χ4n) is 1.77. The zero-order valence-electron chi connectivity index (χ0n) is 9.71. The third-order valence-electron chi connectivity index (χ3n) is 2.73. The molecule has 0 aliphatic heterocycles. The molecule has 0 spiro atoms. The van der Waals surface area contributed by atoms with Crippen LogP contribution in [0.2, 0.25) is 10.0 Å². The van der Waals surface area contributed by atoms with E-state index in [1.807, 2.05) is 24.3 Å². The topological polar surface area (TPSA) is 20.2 Å². The monoisotopic (exact) mass is 470 g/mol. The van der Waals surface area contributed by atoms with E-state index < -0.39 is 6.10 Å². The summed E-state index contributed by atoms with van der Waals surface area (Å²) in [5, 5.41) is 11.4. The van der Waals surface area contributed by atoms with Crippen LogP contribution in [0, 0.1) is 3.57 Å². The molecule has 1 unspecified atom stereocenters. The van der Waals surface area contributed by atoms with Crippen molar-refractivity contribution in [1.29, 1.82) is 0 Å². The van der Waals surface area contributed by atoms with Gasteiger partial charge in [0.1, 0.15) is 0 Å². The van der Waals surface area contributed by atoms with Gasteiger partial charge in [-0.2, -0.15) is 0 Å². The van der Waals surface area contributed by atoms with E-state index in [4.69, 9.17) is 23.2 Å². The molecule has 0 saturated heterocycles. The van der Waals surface area contributed by atoms with Gasteiger partial charge in [-0.3, -0.25) is 0 Å². The third kappa shape index (κ3) is 4.08. The minimum absolute atomic E-state index is 0.503. The molecule has 0 saturated carbocycles. The van der Waals surface area contributed by atoms with Crippen molar-refractivity contribution in [2.24, 2.45) is 0 Å². The summed E-state index contributed by atoms with van der Waals surface area (Å²) in [5.74, 6) is 0. The zero-order valence-corrected chi connectivity index (χ0v) is 15.0. The van der Waals surface area contributed by atoms with Gasteiger partial charge in [0.2, 0.25) is 0 Å². The van der Waals surface area contributed by atoms with Gasteiger partial charge in [-0.25, -0.2) is 0 Å². The van der Waals surface area contributed by atoms with E-state index in [1.165, 1.54) is 0 Å². The maximum Gasteiger partial charge on any atom is 0.0840 e. The lowest BCUT2D eigenvalue weighted by atomic mass is 10.0. The van der Waals surface area contributed by atoms with Crippen LogP contribution in [0.4, 0.5) is 0 Å². The van der Waals surface area contributed by atoms with Crippen molar-refractivity contribution < 1.29 is 5.11 Å². The quantitative estimate of drug-likeness (QED) is 0.575. The Morgan fingerprint density at radius 1 is 1.11 bits per heavy atom. The van der Waals surface area contributed by atoms with Crippen molar-refractivity contribution in [1.82, 2.24) is 0 Å². The number of halogens is 4. The first-order chi connectivity index (χ1) is 8.97. The highest BCUT2D eigenvalue weighted by atomic mass is 127. The second-order valence-electron chi connectivity index (χ2n) is 4.13. The number of hydrogen-bond donors (Lipinski definition) is 1. The van der Waals surface area contributed by atoms with Crippen LogP contribution in [0.1, 0.15) is 17.2 Å². The fraction of sp³-hybridized carbons (Fsp3) is 0.143. The molecule has 0 aliphatic rings. The minimum atomic E-state index is -0.568. The highest BCUT2D eigenvalue weighted by Gasteiger charge is 2.13. The lowest BCUT2D eigenvalue weighted by Gasteiger charge is -2.14. The Balaban J connectivity index is 2.22. The van der Waals surface area contributed by atoms with Gasteiger partial charge in [-0.1, -0.05) is 45.2 Å². The van der Waals surface area contributed by atoms with Crippen molar-refractivity contribution in [3.05, 3.63) is 65.6 Å². The first-order valence-corrected chi connectivity index (χ1v) is 8.17. The molecule has 1 nitrogen and oxygen atoms in total. The van der Waals surface area contributed by atoms with Gasteiger partial charge in [0.15, 0.2) is 0 Å². The van der Waals surface area contributed by atoms with Gasteiger partial charge >= 0.3 is 0 Å². The molecule has 0 bridgehead atoms. The van der Waals surface area contributed by atoms with E-state index in [0.29, 0.717) is 16.5 Å². The van der Waals surface area contributed by atoms with Crippen LogP contribution in [0.5, 0.6) is 0 Å². The molecule has 2 aromatic rings. The average Bonchev–Trinajstić information content (AvgIpc) is 2.36. The number of aliphatic hydroxyl groups is 1. The van der Waals surface area contributed by atoms with Crippen LogP contribution >= 0.6 is 61.7 Å². The first kappa shape index (κ1) is 15.6. The van der Waals surface area contributed by atoms with E-state index in [2.05, 4.69) is 38.5 Å². The predicted octanol–water partition coefficient (Wildman–Crippen LogP) is 5.64. The lowest BCUT2D eigenvalue weighted by molar-refractivity contribution is 0.177. The average molecular weight is 472 g/mol. The van der Waals surface area contributed by atoms with E-state index >= 15 is 0 Å². The molecule has 1 N–H and O–H groups in total. The zero-order chi connectivity index (χ0) is 14.0. The molecule has 0 amide bonds. The lowest BCUT2D eigenvalue weighted by Crippen LogP contribution is -2.04. The van der Waals surface area contributed by atoms with Gasteiger partial charge < -0.3 is 5.11 Å². The summed E-state index contributed by atoms with van der Waals surface area (Å²) >= 11 is 17.5. The van der Waals surface area contributed by atoms with Crippen molar-refractivity contribution in [2.45, 2.75) is 12.5 Å². The summed E-state index contributed by atoms with van der Waals surface area (Å²) < 4.78 is 1.99. The van der Waals surface area contributed by atoms with Crippen LogP contribution < -0.4 is 0 Å². The van der Waals surface area contributed by atoms with Crippen LogP contribution in [0.25, 0.3) is 0 Å². The Labute approximate surface area is 144 Å². The van der Waals surface area contributed by atoms with E-state index in [1.54, 1.807) is 12.1 Å². The third-order valence-corrected chi connectivity index (χ3v) is 4.94. The summed E-state index contributed by atoms with van der Waals surface area (Å²) in [5.41, 5.74) is 1.86. The molecular formula is C14H10BrCl2IO. The molecule has 0 radical (unpaired) electrons. The number of aliphatic hydroxyl groups excluding tert-OH is 1. The molecule has 5 heteroatoms. The van der Waals surface area contributed by atoms with Crippen molar-refractivity contribution in [2.75, 3.05) is 0 Å². The first-order valence-electron chi connectivity index (χ1n) is 5.54. The van der Waals surface area contributed by atoms with Gasteiger partial charge in [0, 0.05) is 14.5 Å². The molecule has 2 rings (SSSR count). The van der Waals surface area contributed by atoms with Crippen molar-refractivity contribution in [3.8, 4) is 0 Å². The van der Waals surface area contributed by atoms with Crippen molar-refractivity contribution in [3.63, 3.8) is 0 Å². The smallest absolute Gasteiger partial charge is 0.0840 e. The standard InChI is InChI=1S/C14H10BrCl2IO/c15-9-2-4-13(18)10(7-9)14(19)6-8-1-3-11(16)12(17)5-8/h1-5,7,14,19H,6H2.